The van der Waals surface area contributed by atoms with Gasteiger partial charge >= 0.3 is 29.6 Å². The Hall–Kier alpha value is 0.540. The molecule has 0 heterocycles. The summed E-state index contributed by atoms with van der Waals surface area (Å²) in [5.41, 5.74) is 0. The van der Waals surface area contributed by atoms with E-state index < -0.39 is 0 Å². The van der Waals surface area contributed by atoms with Gasteiger partial charge in [0, 0.05) is 6.42 Å². The molecule has 1 nitrogen and oxygen atoms in total. The first kappa shape index (κ1) is 8.54. The first-order chi connectivity index (χ1) is 3.39. The van der Waals surface area contributed by atoms with Crippen molar-refractivity contribution in [3.63, 3.8) is 0 Å². The maximum absolute atomic E-state index is 8.77. The summed E-state index contributed by atoms with van der Waals surface area (Å²) < 4.78 is 0. The average molecular weight is 121 g/mol. The fourth-order valence-electron chi connectivity index (χ4n) is 0.821. The summed E-state index contributed by atoms with van der Waals surface area (Å²) >= 11 is 0. The SMILES string of the molecule is OC1=CCCCC1.[Na+]. The monoisotopic (exact) mass is 121 g/mol. The van der Waals surface area contributed by atoms with Crippen LogP contribution in [0.15, 0.2) is 11.8 Å². The van der Waals surface area contributed by atoms with Gasteiger partial charge in [0.05, 0.1) is 5.76 Å². The molecular weight excluding hydrogens is 111 g/mol. The number of hydrogen-bond donors (Lipinski definition) is 1. The maximum Gasteiger partial charge on any atom is 1.00 e. The van der Waals surface area contributed by atoms with Crippen LogP contribution >= 0.6 is 0 Å². The zero-order valence-corrected chi connectivity index (χ0v) is 7.35. The number of aliphatic hydroxyl groups is 1. The molecule has 0 fully saturated rings. The van der Waals surface area contributed by atoms with E-state index in [2.05, 4.69) is 0 Å². The fourth-order valence-corrected chi connectivity index (χ4v) is 0.821. The van der Waals surface area contributed by atoms with Crippen molar-refractivity contribution in [2.75, 3.05) is 0 Å². The van der Waals surface area contributed by atoms with E-state index in [9.17, 15) is 0 Å². The summed E-state index contributed by atoms with van der Waals surface area (Å²) in [6.45, 7) is 0. The zero-order chi connectivity index (χ0) is 5.11. The average Bonchev–Trinajstić information content (AvgIpc) is 1.69. The first-order valence-electron chi connectivity index (χ1n) is 2.77. The second kappa shape index (κ2) is 4.42. The minimum absolute atomic E-state index is 0. The van der Waals surface area contributed by atoms with Crippen LogP contribution in [0, 0.1) is 0 Å². The van der Waals surface area contributed by atoms with E-state index in [0.717, 1.165) is 12.8 Å². The summed E-state index contributed by atoms with van der Waals surface area (Å²) in [5, 5.41) is 8.77. The quantitative estimate of drug-likeness (QED) is 0.408. The molecule has 0 radical (unpaired) electrons. The molecule has 0 saturated carbocycles. The van der Waals surface area contributed by atoms with Crippen LogP contribution in [0.25, 0.3) is 0 Å². The van der Waals surface area contributed by atoms with Gasteiger partial charge in [-0.2, -0.15) is 0 Å². The smallest absolute Gasteiger partial charge is 0.513 e. The molecule has 1 aliphatic carbocycles. The van der Waals surface area contributed by atoms with Crippen molar-refractivity contribution in [1.29, 1.82) is 0 Å². The van der Waals surface area contributed by atoms with Gasteiger partial charge in [-0.05, 0) is 25.3 Å². The Kier molecular flexibility index (Phi) is 4.72. The number of rotatable bonds is 0. The Morgan fingerprint density at radius 3 is 2.38 bits per heavy atom. The van der Waals surface area contributed by atoms with Crippen molar-refractivity contribution in [3.05, 3.63) is 11.8 Å². The molecular formula is C6H10NaO+. The summed E-state index contributed by atoms with van der Waals surface area (Å²) in [5.74, 6) is 0.589. The Morgan fingerprint density at radius 2 is 2.12 bits per heavy atom. The van der Waals surface area contributed by atoms with E-state index in [1.54, 1.807) is 0 Å². The molecule has 40 valence electrons. The van der Waals surface area contributed by atoms with Crippen LogP contribution in [-0.4, -0.2) is 5.11 Å². The van der Waals surface area contributed by atoms with Crippen molar-refractivity contribution < 1.29 is 34.7 Å². The van der Waals surface area contributed by atoms with Crippen molar-refractivity contribution in [2.24, 2.45) is 0 Å². The second-order valence-electron chi connectivity index (χ2n) is 1.94. The Balaban J connectivity index is 0.000000490. The van der Waals surface area contributed by atoms with E-state index in [4.69, 9.17) is 5.11 Å². The molecule has 0 atom stereocenters. The maximum atomic E-state index is 8.77. The molecule has 0 saturated heterocycles. The van der Waals surface area contributed by atoms with Crippen LogP contribution in [0.5, 0.6) is 0 Å². The van der Waals surface area contributed by atoms with E-state index >= 15 is 0 Å². The molecule has 1 N–H and O–H groups in total. The van der Waals surface area contributed by atoms with Crippen molar-refractivity contribution in [1.82, 2.24) is 0 Å². The van der Waals surface area contributed by atoms with E-state index in [1.165, 1.54) is 12.8 Å². The number of allylic oxidation sites excluding steroid dienone is 2. The molecule has 0 amide bonds. The van der Waals surface area contributed by atoms with Crippen LogP contribution in [0.1, 0.15) is 25.7 Å². The van der Waals surface area contributed by atoms with Crippen LogP contribution in [0.3, 0.4) is 0 Å². The molecule has 0 aromatic heterocycles. The van der Waals surface area contributed by atoms with Crippen molar-refractivity contribution in [3.8, 4) is 0 Å². The van der Waals surface area contributed by atoms with Gasteiger partial charge in [-0.1, -0.05) is 0 Å². The van der Waals surface area contributed by atoms with Crippen LogP contribution in [0.2, 0.25) is 0 Å². The van der Waals surface area contributed by atoms with E-state index in [0.29, 0.717) is 5.76 Å². The molecule has 0 bridgehead atoms. The third-order valence-corrected chi connectivity index (χ3v) is 1.27. The van der Waals surface area contributed by atoms with E-state index in [1.807, 2.05) is 6.08 Å². The summed E-state index contributed by atoms with van der Waals surface area (Å²) in [6, 6.07) is 0. The van der Waals surface area contributed by atoms with Crippen molar-refractivity contribution >= 4 is 0 Å². The molecule has 8 heavy (non-hydrogen) atoms. The topological polar surface area (TPSA) is 20.2 Å². The number of aliphatic hydroxyl groups excluding tert-OH is 1. The molecule has 0 aromatic rings. The van der Waals surface area contributed by atoms with Gasteiger partial charge in [0.2, 0.25) is 0 Å². The Labute approximate surface area is 72.1 Å². The first-order valence-corrected chi connectivity index (χ1v) is 2.77. The van der Waals surface area contributed by atoms with Gasteiger partial charge in [-0.25, -0.2) is 0 Å². The molecule has 1 aliphatic rings. The zero-order valence-electron chi connectivity index (χ0n) is 5.35. The molecule has 1 rings (SSSR count). The van der Waals surface area contributed by atoms with Gasteiger partial charge < -0.3 is 5.11 Å². The minimum atomic E-state index is 0. The molecule has 0 aliphatic heterocycles. The van der Waals surface area contributed by atoms with Gasteiger partial charge in [0.15, 0.2) is 0 Å². The van der Waals surface area contributed by atoms with E-state index in [-0.39, 0.29) is 29.6 Å². The Morgan fingerprint density at radius 1 is 1.38 bits per heavy atom. The van der Waals surface area contributed by atoms with Gasteiger partial charge in [0.25, 0.3) is 0 Å². The third-order valence-electron chi connectivity index (χ3n) is 1.27. The number of hydrogen-bond acceptors (Lipinski definition) is 1. The predicted molar refractivity (Wildman–Crippen MR) is 29.2 cm³/mol. The fraction of sp³-hybridized carbons (Fsp3) is 0.667. The second-order valence-corrected chi connectivity index (χ2v) is 1.94. The normalized spacial score (nSPS) is 18.8. The molecule has 0 unspecified atom stereocenters. The molecule has 0 spiro atoms. The van der Waals surface area contributed by atoms with Crippen LogP contribution < -0.4 is 29.6 Å². The van der Waals surface area contributed by atoms with Gasteiger partial charge in [0.1, 0.15) is 0 Å². The largest absolute Gasteiger partial charge is 1.00 e. The minimum Gasteiger partial charge on any atom is -0.513 e. The summed E-state index contributed by atoms with van der Waals surface area (Å²) in [4.78, 5) is 0. The summed E-state index contributed by atoms with van der Waals surface area (Å²) in [6.07, 6.45) is 6.31. The van der Waals surface area contributed by atoms with Gasteiger partial charge in [-0.3, -0.25) is 0 Å². The molecule has 2 heteroatoms. The van der Waals surface area contributed by atoms with Crippen molar-refractivity contribution in [2.45, 2.75) is 25.7 Å². The summed E-state index contributed by atoms with van der Waals surface area (Å²) in [7, 11) is 0. The Bertz CT molecular complexity index is 88.5. The third kappa shape index (κ3) is 2.75. The molecule has 0 aromatic carbocycles. The van der Waals surface area contributed by atoms with Gasteiger partial charge in [-0.15, -0.1) is 0 Å². The standard InChI is InChI=1S/C6H10O.Na/c7-6-4-2-1-3-5-6;/h4,7H,1-3,5H2;/q;+1. The van der Waals surface area contributed by atoms with Crippen LogP contribution in [0.4, 0.5) is 0 Å². The predicted octanol–water partition coefficient (Wildman–Crippen LogP) is -0.994. The van der Waals surface area contributed by atoms with Crippen LogP contribution in [-0.2, 0) is 0 Å².